The topological polar surface area (TPSA) is 114 Å². The molecule has 2 unspecified atom stereocenters. The van der Waals surface area contributed by atoms with E-state index < -0.39 is 41.6 Å². The van der Waals surface area contributed by atoms with Crippen LogP contribution in [0, 0.1) is 13.8 Å². The quantitative estimate of drug-likeness (QED) is 0.206. The number of methoxy groups -OCH3 is 1. The highest BCUT2D eigenvalue weighted by molar-refractivity contribution is 5.93. The van der Waals surface area contributed by atoms with Crippen LogP contribution in [-0.4, -0.2) is 60.6 Å². The summed E-state index contributed by atoms with van der Waals surface area (Å²) in [6, 6.07) is 13.0. The lowest BCUT2D eigenvalue weighted by atomic mass is 9.95. The average molecular weight is 596 g/mol. The molecule has 3 amide bonds. The Morgan fingerprint density at radius 2 is 1.60 bits per heavy atom. The van der Waals surface area contributed by atoms with E-state index >= 15 is 0 Å². The van der Waals surface area contributed by atoms with Crippen LogP contribution in [0.5, 0.6) is 0 Å². The number of carbonyl (C=O) groups is 4. The van der Waals surface area contributed by atoms with Gasteiger partial charge in [0.15, 0.2) is 0 Å². The number of carbonyl (C=O) groups excluding carboxylic acids is 4. The summed E-state index contributed by atoms with van der Waals surface area (Å²) < 4.78 is 10.2. The molecular formula is C34H49N3O6. The summed E-state index contributed by atoms with van der Waals surface area (Å²) >= 11 is 0. The fraction of sp³-hybridized carbons (Fsp3) is 0.529. The Labute approximate surface area is 256 Å². The van der Waals surface area contributed by atoms with Gasteiger partial charge in [-0.05, 0) is 57.7 Å². The molecule has 0 aliphatic carbocycles. The number of hydrogen-bond acceptors (Lipinski definition) is 6. The number of nitrogens with one attached hydrogen (secondary N) is 2. The zero-order valence-electron chi connectivity index (χ0n) is 26.8. The number of alkyl carbamates (subject to hydrolysis) is 1. The number of ether oxygens (including phenoxy) is 2. The third-order valence-corrected chi connectivity index (χ3v) is 6.97. The van der Waals surface area contributed by atoms with Crippen LogP contribution in [-0.2, 0) is 30.3 Å². The Balaban J connectivity index is 2.58. The molecule has 0 aliphatic heterocycles. The molecule has 236 valence electrons. The van der Waals surface area contributed by atoms with Crippen molar-refractivity contribution in [2.75, 3.05) is 20.2 Å². The first kappa shape index (κ1) is 35.3. The van der Waals surface area contributed by atoms with Gasteiger partial charge in [-0.15, -0.1) is 0 Å². The molecular weight excluding hydrogens is 546 g/mol. The summed E-state index contributed by atoms with van der Waals surface area (Å²) in [5.41, 5.74) is 2.57. The molecule has 0 saturated heterocycles. The number of hydrogen-bond donors (Lipinski definition) is 2. The average Bonchev–Trinajstić information content (AvgIpc) is 2.94. The van der Waals surface area contributed by atoms with E-state index in [4.69, 9.17) is 9.47 Å². The molecule has 2 atom stereocenters. The van der Waals surface area contributed by atoms with E-state index in [0.717, 1.165) is 42.4 Å². The molecule has 0 radical (unpaired) electrons. The molecule has 2 rings (SSSR count). The first-order valence-corrected chi connectivity index (χ1v) is 15.1. The molecule has 0 fully saturated rings. The van der Waals surface area contributed by atoms with Gasteiger partial charge in [-0.2, -0.15) is 0 Å². The molecule has 0 saturated carbocycles. The summed E-state index contributed by atoms with van der Waals surface area (Å²) in [5.74, 6) is -1.52. The molecule has 2 aromatic carbocycles. The predicted molar refractivity (Wildman–Crippen MR) is 167 cm³/mol. The maximum absolute atomic E-state index is 14.5. The van der Waals surface area contributed by atoms with Crippen molar-refractivity contribution in [3.05, 3.63) is 70.8 Å². The first-order chi connectivity index (χ1) is 20.4. The van der Waals surface area contributed by atoms with Crippen LogP contribution in [0.1, 0.15) is 88.1 Å². The van der Waals surface area contributed by atoms with Gasteiger partial charge in [0.1, 0.15) is 24.2 Å². The summed E-state index contributed by atoms with van der Waals surface area (Å²) in [6.45, 7) is 11.2. The Bertz CT molecular complexity index is 1210. The van der Waals surface area contributed by atoms with Crippen molar-refractivity contribution < 1.29 is 28.7 Å². The van der Waals surface area contributed by atoms with Crippen molar-refractivity contribution in [3.63, 3.8) is 0 Å². The molecule has 0 heterocycles. The lowest BCUT2D eigenvalue weighted by molar-refractivity contribution is -0.144. The third-order valence-electron chi connectivity index (χ3n) is 6.97. The summed E-state index contributed by atoms with van der Waals surface area (Å²) in [5, 5.41) is 5.44. The van der Waals surface area contributed by atoms with Gasteiger partial charge in [0.2, 0.25) is 11.8 Å². The largest absolute Gasteiger partial charge is 0.468 e. The van der Waals surface area contributed by atoms with E-state index in [0.29, 0.717) is 12.0 Å². The van der Waals surface area contributed by atoms with Crippen LogP contribution in [0.2, 0.25) is 0 Å². The first-order valence-electron chi connectivity index (χ1n) is 15.1. The van der Waals surface area contributed by atoms with Gasteiger partial charge in [0.25, 0.3) is 0 Å². The molecule has 2 aromatic rings. The lowest BCUT2D eigenvalue weighted by Crippen LogP contribution is -2.54. The Morgan fingerprint density at radius 1 is 0.930 bits per heavy atom. The van der Waals surface area contributed by atoms with Crippen molar-refractivity contribution in [2.45, 2.75) is 97.8 Å². The second-order valence-corrected chi connectivity index (χ2v) is 11.9. The van der Waals surface area contributed by atoms with Crippen molar-refractivity contribution in [1.29, 1.82) is 0 Å². The van der Waals surface area contributed by atoms with Crippen molar-refractivity contribution >= 4 is 23.9 Å². The minimum absolute atomic E-state index is 0.203. The number of rotatable bonds is 15. The Morgan fingerprint density at radius 3 is 2.21 bits per heavy atom. The molecule has 9 heteroatoms. The summed E-state index contributed by atoms with van der Waals surface area (Å²) in [6.07, 6.45) is 4.18. The van der Waals surface area contributed by atoms with E-state index in [2.05, 4.69) is 17.6 Å². The number of amides is 3. The van der Waals surface area contributed by atoms with Crippen LogP contribution in [0.25, 0.3) is 0 Å². The van der Waals surface area contributed by atoms with Crippen LogP contribution < -0.4 is 10.6 Å². The second-order valence-electron chi connectivity index (χ2n) is 11.9. The Hall–Kier alpha value is -3.88. The van der Waals surface area contributed by atoms with E-state index in [1.54, 1.807) is 25.7 Å². The molecule has 9 nitrogen and oxygen atoms in total. The predicted octanol–water partition coefficient (Wildman–Crippen LogP) is 5.57. The third kappa shape index (κ3) is 12.1. The highest BCUT2D eigenvalue weighted by atomic mass is 16.6. The highest BCUT2D eigenvalue weighted by Gasteiger charge is 2.37. The molecule has 2 N–H and O–H groups in total. The van der Waals surface area contributed by atoms with E-state index in [1.807, 2.05) is 62.4 Å². The van der Waals surface area contributed by atoms with E-state index in [1.165, 1.54) is 7.11 Å². The maximum atomic E-state index is 14.5. The number of esters is 1. The van der Waals surface area contributed by atoms with Crippen molar-refractivity contribution in [1.82, 2.24) is 15.5 Å². The smallest absolute Gasteiger partial charge is 0.408 e. The van der Waals surface area contributed by atoms with Crippen molar-refractivity contribution in [3.8, 4) is 0 Å². The minimum Gasteiger partial charge on any atom is -0.468 e. The standard InChI is InChI=1S/C34H49N3O6/c1-8-9-10-11-15-20-37(30(31(39)35-23-29(38)42-7)27-19-18-24(2)21-25(27)3)32(40)28(22-26-16-13-12-14-17-26)36-33(41)43-34(4,5)6/h12-14,16-19,21,28,30H,8-11,15,20,22-23H2,1-7H3,(H,35,39)(H,36,41). The van der Waals surface area contributed by atoms with Gasteiger partial charge in [0.05, 0.1) is 7.11 Å². The zero-order valence-corrected chi connectivity index (χ0v) is 26.8. The normalized spacial score (nSPS) is 12.5. The van der Waals surface area contributed by atoms with Gasteiger partial charge in [-0.25, -0.2) is 4.79 Å². The van der Waals surface area contributed by atoms with Gasteiger partial charge in [-0.3, -0.25) is 14.4 Å². The van der Waals surface area contributed by atoms with Gasteiger partial charge in [0, 0.05) is 13.0 Å². The van der Waals surface area contributed by atoms with E-state index in [-0.39, 0.29) is 19.5 Å². The number of unbranched alkanes of at least 4 members (excludes halogenated alkanes) is 4. The highest BCUT2D eigenvalue weighted by Crippen LogP contribution is 2.27. The number of aryl methyl sites for hydroxylation is 2. The fourth-order valence-corrected chi connectivity index (χ4v) is 4.86. The van der Waals surface area contributed by atoms with E-state index in [9.17, 15) is 19.2 Å². The molecule has 0 aromatic heterocycles. The van der Waals surface area contributed by atoms with Crippen molar-refractivity contribution in [2.24, 2.45) is 0 Å². The van der Waals surface area contributed by atoms with Crippen LogP contribution >= 0.6 is 0 Å². The zero-order chi connectivity index (χ0) is 32.0. The monoisotopic (exact) mass is 595 g/mol. The fourth-order valence-electron chi connectivity index (χ4n) is 4.86. The van der Waals surface area contributed by atoms with Crippen LogP contribution in [0.3, 0.4) is 0 Å². The van der Waals surface area contributed by atoms with Gasteiger partial charge < -0.3 is 25.0 Å². The van der Waals surface area contributed by atoms with Crippen LogP contribution in [0.4, 0.5) is 4.79 Å². The summed E-state index contributed by atoms with van der Waals surface area (Å²) in [4.78, 5) is 54.8. The number of benzene rings is 2. The molecule has 43 heavy (non-hydrogen) atoms. The molecule has 0 bridgehead atoms. The van der Waals surface area contributed by atoms with Crippen LogP contribution in [0.15, 0.2) is 48.5 Å². The molecule has 0 aliphatic rings. The number of nitrogens with zero attached hydrogens (tertiary/aromatic N) is 1. The second kappa shape index (κ2) is 17.3. The maximum Gasteiger partial charge on any atom is 0.408 e. The summed E-state index contributed by atoms with van der Waals surface area (Å²) in [7, 11) is 1.25. The lowest BCUT2D eigenvalue weighted by Gasteiger charge is -2.35. The van der Waals surface area contributed by atoms with Gasteiger partial charge >= 0.3 is 12.1 Å². The SMILES string of the molecule is CCCCCCCN(C(=O)C(Cc1ccccc1)NC(=O)OC(C)(C)C)C(C(=O)NCC(=O)OC)c1ccc(C)cc1C. The molecule has 0 spiro atoms. The minimum atomic E-state index is -1.04. The Kier molecular flexibility index (Phi) is 14.2. The van der Waals surface area contributed by atoms with Gasteiger partial charge in [-0.1, -0.05) is 86.7 Å².